The predicted molar refractivity (Wildman–Crippen MR) is 36.1 cm³/mol. The topological polar surface area (TPSA) is 43.8 Å². The van der Waals surface area contributed by atoms with Crippen LogP contribution < -0.4 is 5.73 Å². The average Bonchev–Trinajstić information content (AvgIpc) is 2.34. The molecule has 1 rings (SSSR count). The van der Waals surface area contributed by atoms with E-state index in [2.05, 4.69) is 5.10 Å². The molecule has 0 aliphatic rings. The molecule has 1 unspecified atom stereocenters. The van der Waals surface area contributed by atoms with Crippen LogP contribution in [0.15, 0.2) is 12.3 Å². The Morgan fingerprint density at radius 3 is 3.00 bits per heavy atom. The lowest BCUT2D eigenvalue weighted by Gasteiger charge is -1.97. The Kier molecular flexibility index (Phi) is 2.01. The molecule has 0 aromatic carbocycles. The number of rotatable bonds is 2. The van der Waals surface area contributed by atoms with Crippen LogP contribution in [0.3, 0.4) is 0 Å². The maximum absolute atomic E-state index is 12.7. The summed E-state index contributed by atoms with van der Waals surface area (Å²) < 4.78 is 14.2. The zero-order valence-electron chi connectivity index (χ0n) is 5.79. The van der Waals surface area contributed by atoms with Gasteiger partial charge in [0.15, 0.2) is 6.17 Å². The standard InChI is InChI=1S/C6H10FN3/c1-10-3-2-6(9-10)5(7)4-8/h2-3,5H,4,8H2,1H3. The number of alkyl halides is 1. The fourth-order valence-electron chi connectivity index (χ4n) is 0.721. The van der Waals surface area contributed by atoms with Gasteiger partial charge in [0.05, 0.1) is 5.69 Å². The maximum Gasteiger partial charge on any atom is 0.156 e. The highest BCUT2D eigenvalue weighted by Gasteiger charge is 2.08. The van der Waals surface area contributed by atoms with Gasteiger partial charge in [-0.2, -0.15) is 5.10 Å². The van der Waals surface area contributed by atoms with Gasteiger partial charge in [-0.05, 0) is 6.07 Å². The largest absolute Gasteiger partial charge is 0.327 e. The van der Waals surface area contributed by atoms with Gasteiger partial charge in [-0.1, -0.05) is 0 Å². The Balaban J connectivity index is 2.74. The van der Waals surface area contributed by atoms with Crippen molar-refractivity contribution in [1.29, 1.82) is 0 Å². The second-order valence-corrected chi connectivity index (χ2v) is 2.12. The minimum atomic E-state index is -1.12. The summed E-state index contributed by atoms with van der Waals surface area (Å²) in [6.45, 7) is -0.00296. The molecule has 2 N–H and O–H groups in total. The molecule has 1 aromatic rings. The Morgan fingerprint density at radius 1 is 1.90 bits per heavy atom. The summed E-state index contributed by atoms with van der Waals surface area (Å²) in [5, 5.41) is 3.84. The number of aromatic nitrogens is 2. The molecular formula is C6H10FN3. The van der Waals surface area contributed by atoms with E-state index in [0.717, 1.165) is 0 Å². The lowest BCUT2D eigenvalue weighted by atomic mass is 10.3. The van der Waals surface area contributed by atoms with Gasteiger partial charge in [0, 0.05) is 19.8 Å². The first-order valence-corrected chi connectivity index (χ1v) is 3.07. The van der Waals surface area contributed by atoms with Gasteiger partial charge in [-0.3, -0.25) is 4.68 Å². The molecule has 1 aromatic heterocycles. The van der Waals surface area contributed by atoms with E-state index in [4.69, 9.17) is 5.73 Å². The monoisotopic (exact) mass is 143 g/mol. The van der Waals surface area contributed by atoms with Crippen molar-refractivity contribution in [2.24, 2.45) is 12.8 Å². The van der Waals surface area contributed by atoms with Crippen molar-refractivity contribution in [1.82, 2.24) is 9.78 Å². The molecule has 0 bridgehead atoms. The van der Waals surface area contributed by atoms with Crippen LogP contribution in [0.25, 0.3) is 0 Å². The summed E-state index contributed by atoms with van der Waals surface area (Å²) in [5.74, 6) is 0. The van der Waals surface area contributed by atoms with Crippen LogP contribution in [0.1, 0.15) is 11.9 Å². The molecule has 0 aliphatic heterocycles. The van der Waals surface area contributed by atoms with E-state index in [1.807, 2.05) is 0 Å². The van der Waals surface area contributed by atoms with Crippen LogP contribution in [0.2, 0.25) is 0 Å². The normalized spacial score (nSPS) is 13.5. The fraction of sp³-hybridized carbons (Fsp3) is 0.500. The van der Waals surface area contributed by atoms with E-state index >= 15 is 0 Å². The second kappa shape index (κ2) is 2.79. The van der Waals surface area contributed by atoms with Gasteiger partial charge >= 0.3 is 0 Å². The number of hydrogen-bond donors (Lipinski definition) is 1. The molecular weight excluding hydrogens is 133 g/mol. The van der Waals surface area contributed by atoms with Crippen molar-refractivity contribution in [3.8, 4) is 0 Å². The third kappa shape index (κ3) is 1.33. The van der Waals surface area contributed by atoms with Crippen molar-refractivity contribution >= 4 is 0 Å². The zero-order valence-corrected chi connectivity index (χ0v) is 5.79. The molecule has 0 amide bonds. The Labute approximate surface area is 58.6 Å². The number of hydrogen-bond acceptors (Lipinski definition) is 2. The summed E-state index contributed by atoms with van der Waals surface area (Å²) in [4.78, 5) is 0. The summed E-state index contributed by atoms with van der Waals surface area (Å²) in [6.07, 6.45) is 0.568. The average molecular weight is 143 g/mol. The van der Waals surface area contributed by atoms with Gasteiger partial charge in [0.25, 0.3) is 0 Å². The van der Waals surface area contributed by atoms with Crippen LogP contribution in [0.4, 0.5) is 4.39 Å². The smallest absolute Gasteiger partial charge is 0.156 e. The van der Waals surface area contributed by atoms with E-state index in [1.165, 1.54) is 0 Å². The van der Waals surface area contributed by atoms with E-state index < -0.39 is 6.17 Å². The number of halogens is 1. The highest BCUT2D eigenvalue weighted by Crippen LogP contribution is 2.11. The number of aryl methyl sites for hydroxylation is 1. The lowest BCUT2D eigenvalue weighted by Crippen LogP contribution is -2.08. The zero-order chi connectivity index (χ0) is 7.56. The first kappa shape index (κ1) is 7.21. The first-order chi connectivity index (χ1) is 4.74. The Hall–Kier alpha value is -0.900. The Bertz CT molecular complexity index is 209. The molecule has 56 valence electrons. The highest BCUT2D eigenvalue weighted by molar-refractivity contribution is 5.02. The van der Waals surface area contributed by atoms with E-state index in [0.29, 0.717) is 5.69 Å². The van der Waals surface area contributed by atoms with Crippen molar-refractivity contribution in [2.75, 3.05) is 6.54 Å². The van der Waals surface area contributed by atoms with Gasteiger partial charge in [-0.25, -0.2) is 4.39 Å². The molecule has 3 nitrogen and oxygen atoms in total. The molecule has 1 heterocycles. The first-order valence-electron chi connectivity index (χ1n) is 3.07. The van der Waals surface area contributed by atoms with Crippen LogP contribution in [0.5, 0.6) is 0 Å². The van der Waals surface area contributed by atoms with Gasteiger partial charge in [0.1, 0.15) is 0 Å². The quantitative estimate of drug-likeness (QED) is 0.650. The van der Waals surface area contributed by atoms with Crippen molar-refractivity contribution in [2.45, 2.75) is 6.17 Å². The molecule has 0 radical (unpaired) electrons. The number of nitrogens with two attached hydrogens (primary N) is 1. The van der Waals surface area contributed by atoms with Crippen molar-refractivity contribution in [3.05, 3.63) is 18.0 Å². The third-order valence-corrected chi connectivity index (χ3v) is 1.26. The summed E-state index contributed by atoms with van der Waals surface area (Å²) >= 11 is 0. The predicted octanol–water partition coefficient (Wildman–Crippen LogP) is 0.389. The van der Waals surface area contributed by atoms with Crippen LogP contribution >= 0.6 is 0 Å². The SMILES string of the molecule is Cn1ccc(C(F)CN)n1. The van der Waals surface area contributed by atoms with Gasteiger partial charge in [-0.15, -0.1) is 0 Å². The lowest BCUT2D eigenvalue weighted by molar-refractivity contribution is 0.342. The second-order valence-electron chi connectivity index (χ2n) is 2.12. The molecule has 0 aliphatic carbocycles. The third-order valence-electron chi connectivity index (χ3n) is 1.26. The van der Waals surface area contributed by atoms with Crippen molar-refractivity contribution in [3.63, 3.8) is 0 Å². The van der Waals surface area contributed by atoms with Crippen LogP contribution in [-0.4, -0.2) is 16.3 Å². The van der Waals surface area contributed by atoms with E-state index in [-0.39, 0.29) is 6.54 Å². The van der Waals surface area contributed by atoms with Gasteiger partial charge < -0.3 is 5.73 Å². The molecule has 0 saturated carbocycles. The molecule has 0 spiro atoms. The van der Waals surface area contributed by atoms with E-state index in [9.17, 15) is 4.39 Å². The van der Waals surface area contributed by atoms with Gasteiger partial charge in [0.2, 0.25) is 0 Å². The maximum atomic E-state index is 12.7. The molecule has 10 heavy (non-hydrogen) atoms. The van der Waals surface area contributed by atoms with Crippen molar-refractivity contribution < 1.29 is 4.39 Å². The fourth-order valence-corrected chi connectivity index (χ4v) is 0.721. The summed E-state index contributed by atoms with van der Waals surface area (Å²) in [6, 6.07) is 1.62. The molecule has 4 heteroatoms. The highest BCUT2D eigenvalue weighted by atomic mass is 19.1. The number of nitrogens with zero attached hydrogens (tertiary/aromatic N) is 2. The minimum absolute atomic E-state index is 0.00296. The molecule has 0 fully saturated rings. The molecule has 0 saturated heterocycles. The summed E-state index contributed by atoms with van der Waals surface area (Å²) in [7, 11) is 1.74. The molecule has 1 atom stereocenters. The van der Waals surface area contributed by atoms with Crippen LogP contribution in [-0.2, 0) is 7.05 Å². The van der Waals surface area contributed by atoms with Crippen LogP contribution in [0, 0.1) is 0 Å². The minimum Gasteiger partial charge on any atom is -0.327 e. The van der Waals surface area contributed by atoms with E-state index in [1.54, 1.807) is 24.0 Å². The summed E-state index contributed by atoms with van der Waals surface area (Å²) in [5.41, 5.74) is 5.50. The Morgan fingerprint density at radius 2 is 2.60 bits per heavy atom.